The van der Waals surface area contributed by atoms with Gasteiger partial charge in [-0.2, -0.15) is 0 Å². The Morgan fingerprint density at radius 1 is 1.15 bits per heavy atom. The molecule has 0 saturated carbocycles. The van der Waals surface area contributed by atoms with E-state index in [4.69, 9.17) is 0 Å². The Morgan fingerprint density at radius 3 is 2.63 bits per heavy atom. The molecular weight excluding hydrogens is 364 g/mol. The average molecular weight is 386 g/mol. The maximum absolute atomic E-state index is 12.6. The van der Waals surface area contributed by atoms with Gasteiger partial charge in [0.2, 0.25) is 10.0 Å². The number of hydrogen-bond donors (Lipinski definition) is 2. The number of amides is 1. The second-order valence-corrected chi connectivity index (χ2v) is 8.13. The monoisotopic (exact) mass is 386 g/mol. The van der Waals surface area contributed by atoms with E-state index in [-0.39, 0.29) is 10.8 Å². The van der Waals surface area contributed by atoms with Crippen LogP contribution in [-0.2, 0) is 16.6 Å². The van der Waals surface area contributed by atoms with Gasteiger partial charge in [-0.1, -0.05) is 18.2 Å². The maximum Gasteiger partial charge on any atom is 0.251 e. The first-order chi connectivity index (χ1) is 12.8. The quantitative estimate of drug-likeness (QED) is 0.678. The zero-order valence-electron chi connectivity index (χ0n) is 15.5. The van der Waals surface area contributed by atoms with Gasteiger partial charge in [0.25, 0.3) is 5.91 Å². The van der Waals surface area contributed by atoms with Crippen LogP contribution in [0.5, 0.6) is 0 Å². The topological polar surface area (TPSA) is 93.1 Å². The van der Waals surface area contributed by atoms with Gasteiger partial charge in [0.05, 0.1) is 15.9 Å². The van der Waals surface area contributed by atoms with Crippen molar-refractivity contribution in [2.75, 3.05) is 13.6 Å². The van der Waals surface area contributed by atoms with Crippen LogP contribution in [0.15, 0.2) is 47.4 Å². The normalized spacial score (nSPS) is 11.7. The van der Waals surface area contributed by atoms with Crippen molar-refractivity contribution >= 4 is 27.0 Å². The highest BCUT2D eigenvalue weighted by atomic mass is 32.2. The third-order valence-corrected chi connectivity index (χ3v) is 5.91. The number of carbonyl (C=O) groups is 1. The zero-order valence-corrected chi connectivity index (χ0v) is 16.3. The van der Waals surface area contributed by atoms with Crippen LogP contribution in [0.25, 0.3) is 11.0 Å². The van der Waals surface area contributed by atoms with E-state index in [1.807, 2.05) is 35.8 Å². The number of aryl methyl sites for hydroxylation is 2. The molecule has 2 aromatic carbocycles. The average Bonchev–Trinajstić information content (AvgIpc) is 2.97. The molecule has 142 valence electrons. The molecule has 0 bridgehead atoms. The summed E-state index contributed by atoms with van der Waals surface area (Å²) in [5, 5.41) is 2.86. The Morgan fingerprint density at radius 2 is 1.89 bits per heavy atom. The van der Waals surface area contributed by atoms with Crippen LogP contribution < -0.4 is 10.0 Å². The van der Waals surface area contributed by atoms with Crippen molar-refractivity contribution in [2.24, 2.45) is 0 Å². The standard InChI is InChI=1S/C19H22N4O3S/c1-13-8-9-15(27(25,26)20-3)12-16(13)19(24)21-10-11-23-14(2)22-17-6-4-5-7-18(17)23/h4-9,12,20H,10-11H2,1-3H3,(H,21,24). The van der Waals surface area contributed by atoms with E-state index in [0.717, 1.165) is 16.9 Å². The summed E-state index contributed by atoms with van der Waals surface area (Å²) < 4.78 is 28.2. The highest BCUT2D eigenvalue weighted by molar-refractivity contribution is 7.89. The third-order valence-electron chi connectivity index (χ3n) is 4.50. The van der Waals surface area contributed by atoms with E-state index in [0.29, 0.717) is 24.2 Å². The Hall–Kier alpha value is -2.71. The van der Waals surface area contributed by atoms with E-state index in [1.165, 1.54) is 19.2 Å². The molecule has 1 aromatic heterocycles. The lowest BCUT2D eigenvalue weighted by molar-refractivity contribution is 0.0951. The van der Waals surface area contributed by atoms with Crippen LogP contribution >= 0.6 is 0 Å². The van der Waals surface area contributed by atoms with Crippen molar-refractivity contribution in [1.82, 2.24) is 19.6 Å². The number of aromatic nitrogens is 2. The SMILES string of the molecule is CNS(=O)(=O)c1ccc(C)c(C(=O)NCCn2c(C)nc3ccccc32)c1. The number of sulfonamides is 1. The lowest BCUT2D eigenvalue weighted by Gasteiger charge is -2.11. The molecule has 3 aromatic rings. The number of nitrogens with zero attached hydrogens (tertiary/aromatic N) is 2. The molecule has 3 rings (SSSR count). The molecule has 0 unspecified atom stereocenters. The van der Waals surface area contributed by atoms with Crippen molar-refractivity contribution in [2.45, 2.75) is 25.3 Å². The summed E-state index contributed by atoms with van der Waals surface area (Å²) in [6, 6.07) is 12.4. The number of fused-ring (bicyclic) bond motifs is 1. The summed E-state index contributed by atoms with van der Waals surface area (Å²) in [6.45, 7) is 4.68. The van der Waals surface area contributed by atoms with Gasteiger partial charge in [-0.3, -0.25) is 4.79 Å². The largest absolute Gasteiger partial charge is 0.350 e. The van der Waals surface area contributed by atoms with Crippen LogP contribution in [0.1, 0.15) is 21.7 Å². The summed E-state index contributed by atoms with van der Waals surface area (Å²) in [7, 11) is -2.26. The highest BCUT2D eigenvalue weighted by Gasteiger charge is 2.16. The second kappa shape index (κ2) is 7.50. The number of rotatable bonds is 6. The van der Waals surface area contributed by atoms with Crippen LogP contribution in [0, 0.1) is 13.8 Å². The number of para-hydroxylation sites is 2. The van der Waals surface area contributed by atoms with Crippen LogP contribution in [-0.4, -0.2) is 37.5 Å². The molecule has 0 aliphatic carbocycles. The van der Waals surface area contributed by atoms with Crippen molar-refractivity contribution in [1.29, 1.82) is 0 Å². The van der Waals surface area contributed by atoms with Crippen molar-refractivity contribution in [3.8, 4) is 0 Å². The molecule has 0 spiro atoms. The molecule has 1 amide bonds. The predicted octanol–water partition coefficient (Wildman–Crippen LogP) is 1.99. The summed E-state index contributed by atoms with van der Waals surface area (Å²) in [4.78, 5) is 17.1. The van der Waals surface area contributed by atoms with Crippen molar-refractivity contribution in [3.05, 3.63) is 59.4 Å². The van der Waals surface area contributed by atoms with Crippen LogP contribution in [0.4, 0.5) is 0 Å². The van der Waals surface area contributed by atoms with Crippen LogP contribution in [0.2, 0.25) is 0 Å². The first-order valence-electron chi connectivity index (χ1n) is 8.58. The summed E-state index contributed by atoms with van der Waals surface area (Å²) in [6.07, 6.45) is 0. The van der Waals surface area contributed by atoms with E-state index >= 15 is 0 Å². The minimum absolute atomic E-state index is 0.0669. The molecule has 8 heteroatoms. The van der Waals surface area contributed by atoms with Gasteiger partial charge in [0.1, 0.15) is 5.82 Å². The number of benzene rings is 2. The fraction of sp³-hybridized carbons (Fsp3) is 0.263. The number of hydrogen-bond acceptors (Lipinski definition) is 4. The summed E-state index contributed by atoms with van der Waals surface area (Å²) >= 11 is 0. The number of nitrogens with one attached hydrogen (secondary N) is 2. The minimum Gasteiger partial charge on any atom is -0.350 e. The van der Waals surface area contributed by atoms with Gasteiger partial charge in [0.15, 0.2) is 0 Å². The molecular formula is C19H22N4O3S. The summed E-state index contributed by atoms with van der Waals surface area (Å²) in [5.74, 6) is 0.575. The Labute approximate surface area is 158 Å². The van der Waals surface area contributed by atoms with Gasteiger partial charge in [-0.15, -0.1) is 0 Å². The number of carbonyl (C=O) groups excluding carboxylic acids is 1. The molecule has 0 radical (unpaired) electrons. The minimum atomic E-state index is -3.60. The number of imidazole rings is 1. The highest BCUT2D eigenvalue weighted by Crippen LogP contribution is 2.16. The summed E-state index contributed by atoms with van der Waals surface area (Å²) in [5.41, 5.74) is 3.00. The predicted molar refractivity (Wildman–Crippen MR) is 104 cm³/mol. The molecule has 0 saturated heterocycles. The molecule has 0 aliphatic rings. The molecule has 2 N–H and O–H groups in total. The molecule has 0 atom stereocenters. The van der Waals surface area contributed by atoms with E-state index in [2.05, 4.69) is 15.0 Å². The second-order valence-electron chi connectivity index (χ2n) is 6.24. The molecule has 0 aliphatic heterocycles. The smallest absolute Gasteiger partial charge is 0.251 e. The Balaban J connectivity index is 1.74. The maximum atomic E-state index is 12.6. The van der Waals surface area contributed by atoms with E-state index in [1.54, 1.807) is 13.0 Å². The Bertz CT molecular complexity index is 1100. The fourth-order valence-electron chi connectivity index (χ4n) is 2.99. The van der Waals surface area contributed by atoms with Gasteiger partial charge >= 0.3 is 0 Å². The molecule has 27 heavy (non-hydrogen) atoms. The molecule has 1 heterocycles. The first kappa shape index (κ1) is 19.1. The van der Waals surface area contributed by atoms with Gasteiger partial charge in [-0.25, -0.2) is 18.1 Å². The fourth-order valence-corrected chi connectivity index (χ4v) is 3.74. The van der Waals surface area contributed by atoms with Gasteiger partial charge in [0, 0.05) is 18.7 Å². The van der Waals surface area contributed by atoms with E-state index in [9.17, 15) is 13.2 Å². The van der Waals surface area contributed by atoms with Gasteiger partial charge < -0.3 is 9.88 Å². The zero-order chi connectivity index (χ0) is 19.6. The molecule has 0 fully saturated rings. The Kier molecular flexibility index (Phi) is 5.29. The van der Waals surface area contributed by atoms with Crippen molar-refractivity contribution in [3.63, 3.8) is 0 Å². The van der Waals surface area contributed by atoms with Gasteiger partial charge in [-0.05, 0) is 50.7 Å². The third kappa shape index (κ3) is 3.86. The van der Waals surface area contributed by atoms with E-state index < -0.39 is 10.0 Å². The van der Waals surface area contributed by atoms with Crippen LogP contribution in [0.3, 0.4) is 0 Å². The lowest BCUT2D eigenvalue weighted by Crippen LogP contribution is -2.28. The lowest BCUT2D eigenvalue weighted by atomic mass is 10.1. The molecule has 7 nitrogen and oxygen atoms in total. The first-order valence-corrected chi connectivity index (χ1v) is 10.1. The van der Waals surface area contributed by atoms with Crippen molar-refractivity contribution < 1.29 is 13.2 Å².